The fraction of sp³-hybridized carbons (Fsp3) is 0.438. The Hall–Kier alpha value is -1.88. The number of amides is 1. The van der Waals surface area contributed by atoms with Crippen molar-refractivity contribution in [2.24, 2.45) is 0 Å². The first-order chi connectivity index (χ1) is 10.1. The molecule has 2 rings (SSSR count). The molecule has 0 bridgehead atoms. The van der Waals surface area contributed by atoms with Gasteiger partial charge in [-0.2, -0.15) is 0 Å². The average Bonchev–Trinajstić information content (AvgIpc) is 2.95. The molecule has 1 aliphatic rings. The van der Waals surface area contributed by atoms with Crippen molar-refractivity contribution >= 4 is 12.0 Å². The lowest BCUT2D eigenvalue weighted by molar-refractivity contribution is -0.128. The van der Waals surface area contributed by atoms with E-state index in [0.717, 1.165) is 12.8 Å². The second-order valence-electron chi connectivity index (χ2n) is 5.20. The third-order valence-corrected chi connectivity index (χ3v) is 3.75. The molecule has 1 N–H and O–H groups in total. The highest BCUT2D eigenvalue weighted by atomic mass is 19.1. The highest BCUT2D eigenvalue weighted by molar-refractivity contribution is 5.97. The van der Waals surface area contributed by atoms with Crippen molar-refractivity contribution in [1.29, 1.82) is 0 Å². The minimum atomic E-state index is -0.457. The Morgan fingerprint density at radius 3 is 2.95 bits per heavy atom. The van der Waals surface area contributed by atoms with E-state index in [2.05, 4.69) is 0 Å². The molecule has 0 aromatic heterocycles. The van der Waals surface area contributed by atoms with Gasteiger partial charge >= 0.3 is 0 Å². The number of carbonyl (C=O) groups is 1. The number of aliphatic hydroxyl groups excluding tert-OH is 1. The van der Waals surface area contributed by atoms with Gasteiger partial charge in [0.15, 0.2) is 11.6 Å². The SMILES string of the molecule is COc1ccc(/C=C(\C)C(=O)N2CCC[C@@H]2CO)cc1F. The quantitative estimate of drug-likeness (QED) is 0.866. The van der Waals surface area contributed by atoms with E-state index >= 15 is 0 Å². The number of ether oxygens (including phenoxy) is 1. The molecule has 1 amide bonds. The normalized spacial score (nSPS) is 19.0. The summed E-state index contributed by atoms with van der Waals surface area (Å²) in [6, 6.07) is 4.47. The number of benzene rings is 1. The summed E-state index contributed by atoms with van der Waals surface area (Å²) in [5, 5.41) is 9.27. The Kier molecular flexibility index (Phi) is 4.96. The molecule has 1 fully saturated rings. The molecule has 1 heterocycles. The molecule has 21 heavy (non-hydrogen) atoms. The van der Waals surface area contributed by atoms with Crippen LogP contribution in [0.15, 0.2) is 23.8 Å². The van der Waals surface area contributed by atoms with Crippen molar-refractivity contribution in [3.63, 3.8) is 0 Å². The maximum atomic E-state index is 13.6. The molecule has 0 spiro atoms. The summed E-state index contributed by atoms with van der Waals surface area (Å²) >= 11 is 0. The maximum absolute atomic E-state index is 13.6. The van der Waals surface area contributed by atoms with Crippen LogP contribution in [0.4, 0.5) is 4.39 Å². The number of hydrogen-bond acceptors (Lipinski definition) is 3. The van der Waals surface area contributed by atoms with Gasteiger partial charge in [0.25, 0.3) is 0 Å². The molecule has 0 unspecified atom stereocenters. The molecule has 0 saturated carbocycles. The summed E-state index contributed by atoms with van der Waals surface area (Å²) in [6.07, 6.45) is 3.38. The van der Waals surface area contributed by atoms with Gasteiger partial charge in [0.05, 0.1) is 19.8 Å². The van der Waals surface area contributed by atoms with E-state index in [-0.39, 0.29) is 24.3 Å². The summed E-state index contributed by atoms with van der Waals surface area (Å²) in [4.78, 5) is 14.0. The van der Waals surface area contributed by atoms with E-state index in [1.807, 2.05) is 0 Å². The third kappa shape index (κ3) is 3.42. The number of halogens is 1. The van der Waals surface area contributed by atoms with E-state index in [9.17, 15) is 14.3 Å². The molecule has 1 atom stereocenters. The molecule has 5 heteroatoms. The molecule has 1 aliphatic heterocycles. The summed E-state index contributed by atoms with van der Waals surface area (Å²) in [6.45, 7) is 2.35. The predicted octanol–water partition coefficient (Wildman–Crippen LogP) is 2.22. The number of likely N-dealkylation sites (tertiary alicyclic amines) is 1. The van der Waals surface area contributed by atoms with Crippen LogP contribution >= 0.6 is 0 Å². The zero-order valence-corrected chi connectivity index (χ0v) is 12.3. The summed E-state index contributed by atoms with van der Waals surface area (Å²) in [5.41, 5.74) is 1.14. The monoisotopic (exact) mass is 293 g/mol. The molecule has 114 valence electrons. The largest absolute Gasteiger partial charge is 0.494 e. The van der Waals surface area contributed by atoms with Crippen LogP contribution in [-0.4, -0.2) is 42.2 Å². The van der Waals surface area contributed by atoms with Crippen LogP contribution in [0, 0.1) is 5.82 Å². The summed E-state index contributed by atoms with van der Waals surface area (Å²) < 4.78 is 18.5. The van der Waals surface area contributed by atoms with Crippen LogP contribution in [0.25, 0.3) is 6.08 Å². The first kappa shape index (κ1) is 15.5. The van der Waals surface area contributed by atoms with Crippen molar-refractivity contribution in [3.05, 3.63) is 35.2 Å². The lowest BCUT2D eigenvalue weighted by atomic mass is 10.1. The van der Waals surface area contributed by atoms with Gasteiger partial charge in [0.1, 0.15) is 0 Å². The smallest absolute Gasteiger partial charge is 0.249 e. The lowest BCUT2D eigenvalue weighted by Crippen LogP contribution is -2.38. The van der Waals surface area contributed by atoms with Crippen LogP contribution in [0.1, 0.15) is 25.3 Å². The zero-order chi connectivity index (χ0) is 15.4. The van der Waals surface area contributed by atoms with Gasteiger partial charge in [0.2, 0.25) is 5.91 Å². The minimum Gasteiger partial charge on any atom is -0.494 e. The molecule has 1 aromatic rings. The van der Waals surface area contributed by atoms with E-state index < -0.39 is 5.82 Å². The Morgan fingerprint density at radius 1 is 1.57 bits per heavy atom. The van der Waals surface area contributed by atoms with Gasteiger partial charge in [-0.3, -0.25) is 4.79 Å². The van der Waals surface area contributed by atoms with Gasteiger partial charge < -0.3 is 14.7 Å². The van der Waals surface area contributed by atoms with E-state index in [4.69, 9.17) is 4.74 Å². The second-order valence-corrected chi connectivity index (χ2v) is 5.20. The predicted molar refractivity (Wildman–Crippen MR) is 78.4 cm³/mol. The number of aliphatic hydroxyl groups is 1. The van der Waals surface area contributed by atoms with Crippen molar-refractivity contribution in [3.8, 4) is 5.75 Å². The number of nitrogens with zero attached hydrogens (tertiary/aromatic N) is 1. The maximum Gasteiger partial charge on any atom is 0.249 e. The van der Waals surface area contributed by atoms with Crippen LogP contribution in [-0.2, 0) is 4.79 Å². The lowest BCUT2D eigenvalue weighted by Gasteiger charge is -2.23. The van der Waals surface area contributed by atoms with Crippen molar-refractivity contribution in [1.82, 2.24) is 4.90 Å². The first-order valence-electron chi connectivity index (χ1n) is 7.00. The zero-order valence-electron chi connectivity index (χ0n) is 12.3. The number of carbonyl (C=O) groups excluding carboxylic acids is 1. The van der Waals surface area contributed by atoms with E-state index in [0.29, 0.717) is 17.7 Å². The van der Waals surface area contributed by atoms with Crippen LogP contribution in [0.5, 0.6) is 5.75 Å². The fourth-order valence-electron chi connectivity index (χ4n) is 2.60. The third-order valence-electron chi connectivity index (χ3n) is 3.75. The second kappa shape index (κ2) is 6.72. The number of methoxy groups -OCH3 is 1. The Labute approximate surface area is 123 Å². The Morgan fingerprint density at radius 2 is 2.33 bits per heavy atom. The van der Waals surface area contributed by atoms with Gasteiger partial charge in [-0.25, -0.2) is 4.39 Å². The van der Waals surface area contributed by atoms with E-state index in [1.54, 1.807) is 24.0 Å². The topological polar surface area (TPSA) is 49.8 Å². The number of hydrogen-bond donors (Lipinski definition) is 1. The van der Waals surface area contributed by atoms with Gasteiger partial charge in [-0.05, 0) is 43.5 Å². The van der Waals surface area contributed by atoms with Crippen LogP contribution < -0.4 is 4.74 Å². The van der Waals surface area contributed by atoms with Crippen molar-refractivity contribution < 1.29 is 19.0 Å². The average molecular weight is 293 g/mol. The fourth-order valence-corrected chi connectivity index (χ4v) is 2.60. The molecule has 1 aromatic carbocycles. The van der Waals surface area contributed by atoms with Gasteiger partial charge in [0, 0.05) is 12.1 Å². The van der Waals surface area contributed by atoms with E-state index in [1.165, 1.54) is 19.2 Å². The standard InChI is InChI=1S/C16H20FNO3/c1-11(16(20)18-7-3-4-13(18)10-19)8-12-5-6-15(21-2)14(17)9-12/h5-6,8-9,13,19H,3-4,7,10H2,1-2H3/b11-8+/t13-/m1/s1. The molecule has 1 saturated heterocycles. The molecular formula is C16H20FNO3. The molecule has 0 radical (unpaired) electrons. The van der Waals surface area contributed by atoms with Crippen LogP contribution in [0.3, 0.4) is 0 Å². The summed E-state index contributed by atoms with van der Waals surface area (Å²) in [5.74, 6) is -0.389. The first-order valence-corrected chi connectivity index (χ1v) is 7.00. The van der Waals surface area contributed by atoms with Gasteiger partial charge in [-0.15, -0.1) is 0 Å². The van der Waals surface area contributed by atoms with Crippen LogP contribution in [0.2, 0.25) is 0 Å². The molecule has 0 aliphatic carbocycles. The Balaban J connectivity index is 2.16. The Bertz CT molecular complexity index is 556. The summed E-state index contributed by atoms with van der Waals surface area (Å²) in [7, 11) is 1.41. The molecule has 4 nitrogen and oxygen atoms in total. The molecular weight excluding hydrogens is 273 g/mol. The number of rotatable bonds is 4. The minimum absolute atomic E-state index is 0.0177. The van der Waals surface area contributed by atoms with Gasteiger partial charge in [-0.1, -0.05) is 6.07 Å². The van der Waals surface area contributed by atoms with Crippen molar-refractivity contribution in [2.75, 3.05) is 20.3 Å². The van der Waals surface area contributed by atoms with Crippen molar-refractivity contribution in [2.45, 2.75) is 25.8 Å². The highest BCUT2D eigenvalue weighted by Gasteiger charge is 2.28. The highest BCUT2D eigenvalue weighted by Crippen LogP contribution is 2.22.